The number of hydrogen-bond acceptors (Lipinski definition) is 4. The van der Waals surface area contributed by atoms with Crippen LogP contribution in [0.2, 0.25) is 0 Å². The first-order valence-electron chi connectivity index (χ1n) is 13.5. The number of carbonyl (C=O) groups excluding carboxylic acids is 2. The molecule has 2 amide bonds. The van der Waals surface area contributed by atoms with E-state index in [0.717, 1.165) is 45.2 Å². The zero-order chi connectivity index (χ0) is 27.6. The van der Waals surface area contributed by atoms with Gasteiger partial charge in [0, 0.05) is 36.6 Å². The summed E-state index contributed by atoms with van der Waals surface area (Å²) >= 11 is 0. The van der Waals surface area contributed by atoms with E-state index in [1.807, 2.05) is 74.2 Å². The molecule has 1 aliphatic rings. The Bertz CT molecular complexity index is 1530. The van der Waals surface area contributed by atoms with Crippen molar-refractivity contribution in [3.63, 3.8) is 0 Å². The van der Waals surface area contributed by atoms with Gasteiger partial charge in [-0.25, -0.2) is 4.79 Å². The van der Waals surface area contributed by atoms with E-state index in [2.05, 4.69) is 28.5 Å². The van der Waals surface area contributed by atoms with Crippen LogP contribution in [0.1, 0.15) is 54.4 Å². The van der Waals surface area contributed by atoms with Crippen molar-refractivity contribution in [2.24, 2.45) is 0 Å². The van der Waals surface area contributed by atoms with Crippen LogP contribution < -0.4 is 10.1 Å². The monoisotopic (exact) mass is 521 g/mol. The second kappa shape index (κ2) is 10.9. The summed E-state index contributed by atoms with van der Waals surface area (Å²) in [6.07, 6.45) is 3.37. The highest BCUT2D eigenvalue weighted by molar-refractivity contribution is 6.06. The fourth-order valence-corrected chi connectivity index (χ4v) is 5.32. The molecule has 1 aromatic heterocycles. The van der Waals surface area contributed by atoms with Gasteiger partial charge in [0.2, 0.25) is 0 Å². The standard InChI is InChI=1S/C33H35N3O3/c1-33(2,3)35-32(38)36-19-17-28-26(24-9-7-10-25(20-24)39-4)14-12-23(29(28)21-36)13-15-30(37)31-27-11-6-5-8-22(27)16-18-34-31/h5-12,14,16,18,20H,13,15,17,19,21H2,1-4H3,(H,35,38). The number of nitrogens with one attached hydrogen (secondary N) is 1. The lowest BCUT2D eigenvalue weighted by atomic mass is 9.86. The highest BCUT2D eigenvalue weighted by Gasteiger charge is 2.27. The smallest absolute Gasteiger partial charge is 0.318 e. The number of amides is 2. The van der Waals surface area contributed by atoms with Crippen molar-refractivity contribution in [2.45, 2.75) is 52.1 Å². The molecule has 4 aromatic rings. The zero-order valence-corrected chi connectivity index (χ0v) is 23.1. The molecule has 0 fully saturated rings. The molecule has 0 radical (unpaired) electrons. The number of methoxy groups -OCH3 is 1. The third-order valence-corrected chi connectivity index (χ3v) is 7.22. The Morgan fingerprint density at radius 1 is 1.00 bits per heavy atom. The maximum Gasteiger partial charge on any atom is 0.318 e. The summed E-state index contributed by atoms with van der Waals surface area (Å²) in [5.74, 6) is 0.830. The molecule has 0 saturated heterocycles. The molecule has 0 unspecified atom stereocenters. The lowest BCUT2D eigenvalue weighted by molar-refractivity contribution is 0.0979. The van der Waals surface area contributed by atoms with E-state index >= 15 is 0 Å². The second-order valence-corrected chi connectivity index (χ2v) is 11.1. The number of benzene rings is 3. The molecule has 0 spiro atoms. The van der Waals surface area contributed by atoms with Crippen molar-refractivity contribution >= 4 is 22.6 Å². The third kappa shape index (κ3) is 5.80. The quantitative estimate of drug-likeness (QED) is 0.291. The third-order valence-electron chi connectivity index (χ3n) is 7.22. The summed E-state index contributed by atoms with van der Waals surface area (Å²) in [6, 6.07) is 22.0. The highest BCUT2D eigenvalue weighted by Crippen LogP contribution is 2.35. The minimum absolute atomic E-state index is 0.0237. The topological polar surface area (TPSA) is 71.5 Å². The van der Waals surface area contributed by atoms with Gasteiger partial charge in [0.15, 0.2) is 5.78 Å². The number of urea groups is 1. The zero-order valence-electron chi connectivity index (χ0n) is 23.1. The van der Waals surface area contributed by atoms with Gasteiger partial charge in [0.25, 0.3) is 0 Å². The predicted molar refractivity (Wildman–Crippen MR) is 155 cm³/mol. The lowest BCUT2D eigenvalue weighted by Crippen LogP contribution is -2.50. The minimum atomic E-state index is -0.319. The molecule has 0 saturated carbocycles. The van der Waals surface area contributed by atoms with Gasteiger partial charge >= 0.3 is 6.03 Å². The van der Waals surface area contributed by atoms with Gasteiger partial charge in [0.05, 0.1) is 7.11 Å². The van der Waals surface area contributed by atoms with Crippen LogP contribution in [0.25, 0.3) is 21.9 Å². The summed E-state index contributed by atoms with van der Waals surface area (Å²) in [5.41, 5.74) is 5.88. The van der Waals surface area contributed by atoms with Gasteiger partial charge in [-0.3, -0.25) is 9.78 Å². The van der Waals surface area contributed by atoms with Gasteiger partial charge < -0.3 is 15.0 Å². The van der Waals surface area contributed by atoms with E-state index in [-0.39, 0.29) is 17.4 Å². The first kappa shape index (κ1) is 26.4. The van der Waals surface area contributed by atoms with Crippen molar-refractivity contribution in [3.05, 3.63) is 95.3 Å². The number of ether oxygens (including phenoxy) is 1. The Labute approximate surface area is 230 Å². The van der Waals surface area contributed by atoms with Crippen molar-refractivity contribution in [1.29, 1.82) is 0 Å². The first-order chi connectivity index (χ1) is 18.7. The SMILES string of the molecule is COc1cccc(-c2ccc(CCC(=O)c3nccc4ccccc34)c3c2CCN(C(=O)NC(C)(C)C)C3)c1. The summed E-state index contributed by atoms with van der Waals surface area (Å²) in [7, 11) is 1.67. The van der Waals surface area contributed by atoms with Crippen LogP contribution in [0, 0.1) is 0 Å². The van der Waals surface area contributed by atoms with Crippen molar-refractivity contribution in [3.8, 4) is 16.9 Å². The minimum Gasteiger partial charge on any atom is -0.497 e. The number of Topliss-reactive ketones (excluding diaryl/α,β-unsaturated/α-hetero) is 1. The summed E-state index contributed by atoms with van der Waals surface area (Å²) in [6.45, 7) is 7.10. The Morgan fingerprint density at radius 3 is 2.62 bits per heavy atom. The average Bonchev–Trinajstić information content (AvgIpc) is 2.94. The van der Waals surface area contributed by atoms with Crippen molar-refractivity contribution < 1.29 is 14.3 Å². The molecule has 39 heavy (non-hydrogen) atoms. The summed E-state index contributed by atoms with van der Waals surface area (Å²) in [5, 5.41) is 4.99. The van der Waals surface area contributed by atoms with Gasteiger partial charge in [-0.2, -0.15) is 0 Å². The number of carbonyl (C=O) groups is 2. The van der Waals surface area contributed by atoms with Crippen LogP contribution in [0.3, 0.4) is 0 Å². The average molecular weight is 522 g/mol. The number of rotatable bonds is 6. The Balaban J connectivity index is 1.47. The fourth-order valence-electron chi connectivity index (χ4n) is 5.32. The molecule has 0 atom stereocenters. The molecule has 2 heterocycles. The summed E-state index contributed by atoms with van der Waals surface area (Å²) < 4.78 is 5.47. The molecule has 6 nitrogen and oxygen atoms in total. The van der Waals surface area contributed by atoms with Crippen LogP contribution in [-0.2, 0) is 19.4 Å². The molecule has 1 aliphatic heterocycles. The number of aryl methyl sites for hydroxylation is 1. The van der Waals surface area contributed by atoms with E-state index < -0.39 is 0 Å². The largest absolute Gasteiger partial charge is 0.497 e. The van der Waals surface area contributed by atoms with Crippen LogP contribution in [0.15, 0.2) is 72.9 Å². The first-order valence-corrected chi connectivity index (χ1v) is 13.5. The van der Waals surface area contributed by atoms with Crippen LogP contribution >= 0.6 is 0 Å². The van der Waals surface area contributed by atoms with Crippen molar-refractivity contribution in [2.75, 3.05) is 13.7 Å². The number of hydrogen-bond donors (Lipinski definition) is 1. The molecular weight excluding hydrogens is 486 g/mol. The van der Waals surface area contributed by atoms with E-state index in [1.54, 1.807) is 13.3 Å². The number of pyridine rings is 1. The van der Waals surface area contributed by atoms with Crippen LogP contribution in [-0.4, -0.2) is 40.9 Å². The van der Waals surface area contributed by atoms with E-state index in [9.17, 15) is 9.59 Å². The number of fused-ring (bicyclic) bond motifs is 2. The van der Waals surface area contributed by atoms with Gasteiger partial charge in [0.1, 0.15) is 11.4 Å². The molecular formula is C33H35N3O3. The highest BCUT2D eigenvalue weighted by atomic mass is 16.5. The molecule has 200 valence electrons. The van der Waals surface area contributed by atoms with E-state index in [4.69, 9.17) is 4.74 Å². The number of nitrogens with zero attached hydrogens (tertiary/aromatic N) is 2. The molecule has 5 rings (SSSR count). The van der Waals surface area contributed by atoms with Gasteiger partial charge in [-0.15, -0.1) is 0 Å². The number of aromatic nitrogens is 1. The number of ketones is 1. The maximum absolute atomic E-state index is 13.3. The normalized spacial score (nSPS) is 13.2. The van der Waals surface area contributed by atoms with Crippen LogP contribution in [0.4, 0.5) is 4.79 Å². The Kier molecular flexibility index (Phi) is 7.38. The molecule has 1 N–H and O–H groups in total. The molecule has 6 heteroatoms. The maximum atomic E-state index is 13.3. The van der Waals surface area contributed by atoms with Gasteiger partial charge in [-0.1, -0.05) is 48.5 Å². The lowest BCUT2D eigenvalue weighted by Gasteiger charge is -2.34. The van der Waals surface area contributed by atoms with Crippen LogP contribution in [0.5, 0.6) is 5.75 Å². The van der Waals surface area contributed by atoms with Gasteiger partial charge in [-0.05, 0) is 85.0 Å². The summed E-state index contributed by atoms with van der Waals surface area (Å²) in [4.78, 5) is 32.7. The fraction of sp³-hybridized carbons (Fsp3) is 0.303. The Morgan fingerprint density at radius 2 is 1.82 bits per heavy atom. The van der Waals surface area contributed by atoms with E-state index in [0.29, 0.717) is 31.6 Å². The molecule has 3 aromatic carbocycles. The molecule has 0 bridgehead atoms. The predicted octanol–water partition coefficient (Wildman–Crippen LogP) is 6.59. The Hall–Kier alpha value is -4.19. The van der Waals surface area contributed by atoms with Crippen molar-refractivity contribution in [1.82, 2.24) is 15.2 Å². The van der Waals surface area contributed by atoms with E-state index in [1.165, 1.54) is 5.56 Å². The second-order valence-electron chi connectivity index (χ2n) is 11.1. The molecule has 0 aliphatic carbocycles.